The maximum absolute atomic E-state index is 6.26. The predicted molar refractivity (Wildman–Crippen MR) is 93.7 cm³/mol. The van der Waals surface area contributed by atoms with Gasteiger partial charge in [-0.25, -0.2) is 0 Å². The van der Waals surface area contributed by atoms with Crippen molar-refractivity contribution in [2.45, 2.75) is 52.3 Å². The Bertz CT molecular complexity index is 646. The third kappa shape index (κ3) is 3.91. The number of aryl methyl sites for hydroxylation is 2. The van der Waals surface area contributed by atoms with Crippen LogP contribution in [0.4, 0.5) is 0 Å². The minimum atomic E-state index is 0.150. The summed E-state index contributed by atoms with van der Waals surface area (Å²) in [6.07, 6.45) is 1.27. The molecule has 0 bridgehead atoms. The van der Waals surface area contributed by atoms with Gasteiger partial charge in [0.2, 0.25) is 0 Å². The predicted octanol–water partition coefficient (Wildman–Crippen LogP) is 4.13. The third-order valence-electron chi connectivity index (χ3n) is 4.58. The number of hydrogen-bond acceptors (Lipinski definition) is 3. The molecule has 2 aromatic rings. The van der Waals surface area contributed by atoms with Crippen LogP contribution in [-0.4, -0.2) is 28.1 Å². The van der Waals surface area contributed by atoms with Crippen LogP contribution in [0.3, 0.4) is 0 Å². The molecule has 0 amide bonds. The van der Waals surface area contributed by atoms with Gasteiger partial charge in [0.25, 0.3) is 0 Å². The second-order valence-corrected chi connectivity index (χ2v) is 7.21. The fraction of sp³-hybridized carbons (Fsp3) is 0.450. The molecule has 0 radical (unpaired) electrons. The lowest BCUT2D eigenvalue weighted by Crippen LogP contribution is -2.37. The van der Waals surface area contributed by atoms with Gasteiger partial charge in [0.05, 0.1) is 0 Å². The highest BCUT2D eigenvalue weighted by molar-refractivity contribution is 5.26. The summed E-state index contributed by atoms with van der Waals surface area (Å²) in [6.45, 7) is 10.6. The fourth-order valence-corrected chi connectivity index (χ4v) is 3.46. The Morgan fingerprint density at radius 2 is 1.78 bits per heavy atom. The van der Waals surface area contributed by atoms with Crippen molar-refractivity contribution >= 4 is 0 Å². The standard InChI is InChI=1S/C20H26N2O/c1-15-10-18(11-16(2)21-15)23-19-12-20(3,4)22(14-19)13-17-8-6-5-7-9-17/h5-11,19H,12-14H2,1-4H3. The van der Waals surface area contributed by atoms with E-state index in [9.17, 15) is 0 Å². The average Bonchev–Trinajstić information content (AvgIpc) is 2.72. The van der Waals surface area contributed by atoms with Crippen molar-refractivity contribution < 1.29 is 4.74 Å². The van der Waals surface area contributed by atoms with E-state index < -0.39 is 0 Å². The second-order valence-electron chi connectivity index (χ2n) is 7.21. The van der Waals surface area contributed by atoms with Crippen molar-refractivity contribution in [3.63, 3.8) is 0 Å². The smallest absolute Gasteiger partial charge is 0.123 e. The van der Waals surface area contributed by atoms with Crippen LogP contribution in [0.15, 0.2) is 42.5 Å². The molecule has 0 saturated carbocycles. The molecule has 1 aliphatic heterocycles. The van der Waals surface area contributed by atoms with E-state index in [1.165, 1.54) is 5.56 Å². The second kappa shape index (κ2) is 6.32. The molecule has 2 heterocycles. The van der Waals surface area contributed by atoms with Crippen molar-refractivity contribution in [3.05, 3.63) is 59.4 Å². The SMILES string of the molecule is Cc1cc(OC2CN(Cc3ccccc3)C(C)(C)C2)cc(C)n1. The van der Waals surface area contributed by atoms with Crippen LogP contribution in [-0.2, 0) is 6.54 Å². The molecule has 1 aliphatic rings. The summed E-state index contributed by atoms with van der Waals surface area (Å²) in [5.41, 5.74) is 3.53. The molecule has 122 valence electrons. The van der Waals surface area contributed by atoms with Crippen molar-refractivity contribution in [1.82, 2.24) is 9.88 Å². The molecule has 0 N–H and O–H groups in total. The zero-order chi connectivity index (χ0) is 16.4. The van der Waals surface area contributed by atoms with Gasteiger partial charge in [0.1, 0.15) is 11.9 Å². The quantitative estimate of drug-likeness (QED) is 0.849. The lowest BCUT2D eigenvalue weighted by atomic mass is 10.0. The number of hydrogen-bond donors (Lipinski definition) is 0. The van der Waals surface area contributed by atoms with Crippen LogP contribution >= 0.6 is 0 Å². The zero-order valence-corrected chi connectivity index (χ0v) is 14.5. The van der Waals surface area contributed by atoms with Gasteiger partial charge in [-0.3, -0.25) is 9.88 Å². The van der Waals surface area contributed by atoms with E-state index in [2.05, 4.69) is 54.1 Å². The first-order chi connectivity index (χ1) is 10.9. The molecule has 1 fully saturated rings. The molecule has 23 heavy (non-hydrogen) atoms. The zero-order valence-electron chi connectivity index (χ0n) is 14.5. The molecule has 3 nitrogen and oxygen atoms in total. The average molecular weight is 310 g/mol. The molecule has 1 saturated heterocycles. The van der Waals surface area contributed by atoms with Gasteiger partial charge in [0, 0.05) is 48.6 Å². The van der Waals surface area contributed by atoms with E-state index in [0.29, 0.717) is 0 Å². The Hall–Kier alpha value is -1.87. The first kappa shape index (κ1) is 16.0. The third-order valence-corrected chi connectivity index (χ3v) is 4.58. The monoisotopic (exact) mass is 310 g/mol. The number of likely N-dealkylation sites (tertiary alicyclic amines) is 1. The lowest BCUT2D eigenvalue weighted by molar-refractivity contribution is 0.161. The van der Waals surface area contributed by atoms with Gasteiger partial charge >= 0.3 is 0 Å². The molecular formula is C20H26N2O. The van der Waals surface area contributed by atoms with Gasteiger partial charge < -0.3 is 4.74 Å². The summed E-state index contributed by atoms with van der Waals surface area (Å²) in [5, 5.41) is 0. The van der Waals surface area contributed by atoms with Gasteiger partial charge in [0.15, 0.2) is 0 Å². The highest BCUT2D eigenvalue weighted by atomic mass is 16.5. The first-order valence-corrected chi connectivity index (χ1v) is 8.33. The van der Waals surface area contributed by atoms with E-state index in [1.54, 1.807) is 0 Å². The Kier molecular flexibility index (Phi) is 4.40. The molecule has 1 aromatic heterocycles. The van der Waals surface area contributed by atoms with Crippen molar-refractivity contribution in [1.29, 1.82) is 0 Å². The highest BCUT2D eigenvalue weighted by Crippen LogP contribution is 2.32. The van der Waals surface area contributed by atoms with Crippen molar-refractivity contribution in [2.24, 2.45) is 0 Å². The van der Waals surface area contributed by atoms with E-state index >= 15 is 0 Å². The fourth-order valence-electron chi connectivity index (χ4n) is 3.46. The molecule has 0 aliphatic carbocycles. The minimum Gasteiger partial charge on any atom is -0.489 e. The maximum atomic E-state index is 6.26. The number of aromatic nitrogens is 1. The Morgan fingerprint density at radius 1 is 1.13 bits per heavy atom. The molecule has 1 unspecified atom stereocenters. The van der Waals surface area contributed by atoms with Crippen LogP contribution in [0.25, 0.3) is 0 Å². The number of nitrogens with zero attached hydrogens (tertiary/aromatic N) is 2. The lowest BCUT2D eigenvalue weighted by Gasteiger charge is -2.30. The van der Waals surface area contributed by atoms with Crippen molar-refractivity contribution in [3.8, 4) is 5.75 Å². The Morgan fingerprint density at radius 3 is 2.43 bits per heavy atom. The number of ether oxygens (including phenoxy) is 1. The van der Waals surface area contributed by atoms with E-state index in [-0.39, 0.29) is 11.6 Å². The topological polar surface area (TPSA) is 25.4 Å². The summed E-state index contributed by atoms with van der Waals surface area (Å²) >= 11 is 0. The number of pyridine rings is 1. The van der Waals surface area contributed by atoms with Crippen LogP contribution in [0.5, 0.6) is 5.75 Å². The van der Waals surface area contributed by atoms with Crippen LogP contribution in [0, 0.1) is 13.8 Å². The van der Waals surface area contributed by atoms with E-state index in [1.807, 2.05) is 26.0 Å². The summed E-state index contributed by atoms with van der Waals surface area (Å²) < 4.78 is 6.26. The molecule has 1 atom stereocenters. The van der Waals surface area contributed by atoms with Crippen LogP contribution in [0.1, 0.15) is 37.2 Å². The Balaban J connectivity index is 1.69. The summed E-state index contributed by atoms with van der Waals surface area (Å²) in [6, 6.07) is 14.7. The van der Waals surface area contributed by atoms with Gasteiger partial charge in [-0.2, -0.15) is 0 Å². The van der Waals surface area contributed by atoms with Gasteiger partial charge in [-0.15, -0.1) is 0 Å². The van der Waals surface area contributed by atoms with Crippen LogP contribution < -0.4 is 4.74 Å². The molecule has 1 aromatic carbocycles. The maximum Gasteiger partial charge on any atom is 0.123 e. The van der Waals surface area contributed by atoms with Crippen LogP contribution in [0.2, 0.25) is 0 Å². The highest BCUT2D eigenvalue weighted by Gasteiger charge is 2.39. The van der Waals surface area contributed by atoms with Gasteiger partial charge in [-0.05, 0) is 33.3 Å². The number of benzene rings is 1. The van der Waals surface area contributed by atoms with E-state index in [4.69, 9.17) is 4.74 Å². The number of rotatable bonds is 4. The molecule has 3 heteroatoms. The van der Waals surface area contributed by atoms with Crippen molar-refractivity contribution in [2.75, 3.05) is 6.54 Å². The largest absolute Gasteiger partial charge is 0.489 e. The molecular weight excluding hydrogens is 284 g/mol. The van der Waals surface area contributed by atoms with E-state index in [0.717, 1.165) is 36.6 Å². The summed E-state index contributed by atoms with van der Waals surface area (Å²) in [5.74, 6) is 0.942. The summed E-state index contributed by atoms with van der Waals surface area (Å²) in [4.78, 5) is 6.94. The summed E-state index contributed by atoms with van der Waals surface area (Å²) in [7, 11) is 0. The first-order valence-electron chi connectivity index (χ1n) is 8.33. The normalized spacial score (nSPS) is 20.6. The molecule has 3 rings (SSSR count). The van der Waals surface area contributed by atoms with Gasteiger partial charge in [-0.1, -0.05) is 30.3 Å². The molecule has 0 spiro atoms. The minimum absolute atomic E-state index is 0.150. The Labute approximate surface area is 139 Å².